The first-order chi connectivity index (χ1) is 13.5. The number of para-hydroxylation sites is 1. The lowest BCUT2D eigenvalue weighted by molar-refractivity contribution is 0.0705. The van der Waals surface area contributed by atoms with E-state index in [-0.39, 0.29) is 5.91 Å². The number of nitrogens with zero attached hydrogens (tertiary/aromatic N) is 5. The van der Waals surface area contributed by atoms with Crippen LogP contribution < -0.4 is 0 Å². The molecule has 3 aromatic rings. The van der Waals surface area contributed by atoms with E-state index in [1.165, 1.54) is 0 Å². The van der Waals surface area contributed by atoms with Gasteiger partial charge in [-0.3, -0.25) is 4.79 Å². The molecule has 0 aliphatic carbocycles. The average Bonchev–Trinajstić information content (AvgIpc) is 3.31. The third-order valence-corrected chi connectivity index (χ3v) is 5.74. The molecule has 148 valence electrons. The van der Waals surface area contributed by atoms with Crippen molar-refractivity contribution < 1.29 is 4.79 Å². The Labute approximate surface area is 166 Å². The largest absolute Gasteiger partial charge is 0.350 e. The summed E-state index contributed by atoms with van der Waals surface area (Å²) in [6.45, 7) is 3.46. The highest BCUT2D eigenvalue weighted by Crippen LogP contribution is 2.29. The lowest BCUT2D eigenvalue weighted by Gasteiger charge is -2.32. The van der Waals surface area contributed by atoms with Crippen LogP contribution in [-0.2, 0) is 13.6 Å². The molecule has 3 heterocycles. The van der Waals surface area contributed by atoms with Crippen LogP contribution in [-0.4, -0.2) is 63.6 Å². The Bertz CT molecular complexity index is 970. The van der Waals surface area contributed by atoms with E-state index in [4.69, 9.17) is 0 Å². The SMILES string of the molecule is CN(C)CCn1ccnc1[C@H]1CCCN(C(=O)c2cn(C)c3ccccc23)C1. The van der Waals surface area contributed by atoms with E-state index >= 15 is 0 Å². The van der Waals surface area contributed by atoms with Gasteiger partial charge in [-0.1, -0.05) is 18.2 Å². The number of piperidine rings is 1. The van der Waals surface area contributed by atoms with Gasteiger partial charge < -0.3 is 18.9 Å². The van der Waals surface area contributed by atoms with Crippen LogP contribution in [0.2, 0.25) is 0 Å². The first-order valence-corrected chi connectivity index (χ1v) is 10.0. The second-order valence-electron chi connectivity index (χ2n) is 8.04. The second-order valence-corrected chi connectivity index (χ2v) is 8.04. The van der Waals surface area contributed by atoms with E-state index in [1.807, 2.05) is 47.1 Å². The van der Waals surface area contributed by atoms with Crippen molar-refractivity contribution in [1.82, 2.24) is 23.9 Å². The molecule has 2 aromatic heterocycles. The van der Waals surface area contributed by atoms with E-state index in [0.29, 0.717) is 5.92 Å². The fourth-order valence-electron chi connectivity index (χ4n) is 4.23. The molecule has 1 amide bonds. The standard InChI is InChI=1S/C22H29N5O/c1-24(2)13-14-26-12-10-23-21(26)17-7-6-11-27(15-17)22(28)19-16-25(3)20-9-5-4-8-18(19)20/h4-5,8-10,12,16-17H,6-7,11,13-15H2,1-3H3/t17-/m0/s1. The quantitative estimate of drug-likeness (QED) is 0.685. The van der Waals surface area contributed by atoms with E-state index in [2.05, 4.69) is 40.8 Å². The van der Waals surface area contributed by atoms with Crippen molar-refractivity contribution in [2.45, 2.75) is 25.3 Å². The van der Waals surface area contributed by atoms with Crippen molar-refractivity contribution in [1.29, 1.82) is 0 Å². The van der Waals surface area contributed by atoms with Gasteiger partial charge in [-0.05, 0) is 33.0 Å². The Hall–Kier alpha value is -2.60. The van der Waals surface area contributed by atoms with Crippen LogP contribution in [0.15, 0.2) is 42.9 Å². The Morgan fingerprint density at radius 3 is 2.93 bits per heavy atom. The molecular formula is C22H29N5O. The molecule has 6 heteroatoms. The van der Waals surface area contributed by atoms with E-state index < -0.39 is 0 Å². The van der Waals surface area contributed by atoms with Gasteiger partial charge in [0.25, 0.3) is 5.91 Å². The molecule has 0 radical (unpaired) electrons. The van der Waals surface area contributed by atoms with E-state index in [1.54, 1.807) is 0 Å². The van der Waals surface area contributed by atoms with Crippen LogP contribution in [0.5, 0.6) is 0 Å². The predicted molar refractivity (Wildman–Crippen MR) is 112 cm³/mol. The predicted octanol–water partition coefficient (Wildman–Crippen LogP) is 2.96. The second kappa shape index (κ2) is 7.80. The number of fused-ring (bicyclic) bond motifs is 1. The molecule has 4 rings (SSSR count). The maximum Gasteiger partial charge on any atom is 0.256 e. The summed E-state index contributed by atoms with van der Waals surface area (Å²) in [5.41, 5.74) is 1.90. The van der Waals surface area contributed by atoms with Crippen LogP contribution in [0.3, 0.4) is 0 Å². The number of hydrogen-bond donors (Lipinski definition) is 0. The van der Waals surface area contributed by atoms with Gasteiger partial charge in [0.2, 0.25) is 0 Å². The van der Waals surface area contributed by atoms with Crippen LogP contribution in [0.25, 0.3) is 10.9 Å². The van der Waals surface area contributed by atoms with Crippen molar-refractivity contribution in [3.8, 4) is 0 Å². The van der Waals surface area contributed by atoms with Crippen molar-refractivity contribution in [2.24, 2.45) is 7.05 Å². The van der Waals surface area contributed by atoms with Crippen molar-refractivity contribution in [2.75, 3.05) is 33.7 Å². The normalized spacial score (nSPS) is 17.6. The minimum Gasteiger partial charge on any atom is -0.350 e. The zero-order valence-electron chi connectivity index (χ0n) is 17.0. The fraction of sp³-hybridized carbons (Fsp3) is 0.455. The molecule has 1 fully saturated rings. The lowest BCUT2D eigenvalue weighted by atomic mass is 9.96. The molecule has 1 aliphatic heterocycles. The van der Waals surface area contributed by atoms with Crippen LogP contribution in [0.1, 0.15) is 34.9 Å². The number of benzene rings is 1. The number of rotatable bonds is 5. The van der Waals surface area contributed by atoms with Crippen LogP contribution in [0, 0.1) is 0 Å². The third-order valence-electron chi connectivity index (χ3n) is 5.74. The average molecular weight is 380 g/mol. The summed E-state index contributed by atoms with van der Waals surface area (Å²) in [6.07, 6.45) is 8.01. The number of aromatic nitrogens is 3. The number of hydrogen-bond acceptors (Lipinski definition) is 3. The van der Waals surface area contributed by atoms with Crippen LogP contribution in [0.4, 0.5) is 0 Å². The highest BCUT2D eigenvalue weighted by atomic mass is 16.2. The monoisotopic (exact) mass is 379 g/mol. The number of carbonyl (C=O) groups excluding carboxylic acids is 1. The van der Waals surface area contributed by atoms with E-state index in [9.17, 15) is 4.79 Å². The zero-order valence-corrected chi connectivity index (χ0v) is 17.0. The number of amides is 1. The number of aryl methyl sites for hydroxylation is 1. The maximum atomic E-state index is 13.3. The first-order valence-electron chi connectivity index (χ1n) is 10.0. The number of likely N-dealkylation sites (N-methyl/N-ethyl adjacent to an activating group) is 1. The summed E-state index contributed by atoms with van der Waals surface area (Å²) in [5.74, 6) is 1.54. The first kappa shape index (κ1) is 18.7. The molecule has 0 unspecified atom stereocenters. The summed E-state index contributed by atoms with van der Waals surface area (Å²) in [4.78, 5) is 22.2. The van der Waals surface area contributed by atoms with Gasteiger partial charge in [0.05, 0.1) is 5.56 Å². The minimum absolute atomic E-state index is 0.132. The van der Waals surface area contributed by atoms with E-state index in [0.717, 1.165) is 61.3 Å². The number of likely N-dealkylation sites (tertiary alicyclic amines) is 1. The molecule has 0 spiro atoms. The molecule has 1 atom stereocenters. The molecule has 0 N–H and O–H groups in total. The van der Waals surface area contributed by atoms with Gasteiger partial charge in [-0.25, -0.2) is 4.98 Å². The molecule has 0 saturated carbocycles. The Kier molecular flexibility index (Phi) is 5.22. The molecule has 0 bridgehead atoms. The summed E-state index contributed by atoms with van der Waals surface area (Å²) < 4.78 is 4.29. The van der Waals surface area contributed by atoms with Crippen molar-refractivity contribution >= 4 is 16.8 Å². The zero-order chi connectivity index (χ0) is 19.7. The lowest BCUT2D eigenvalue weighted by Crippen LogP contribution is -2.39. The Balaban J connectivity index is 1.54. The summed E-state index contributed by atoms with van der Waals surface area (Å²) >= 11 is 0. The van der Waals surface area contributed by atoms with Gasteiger partial charge in [0.1, 0.15) is 5.82 Å². The molecule has 1 saturated heterocycles. The third kappa shape index (κ3) is 3.56. The van der Waals surface area contributed by atoms with Crippen molar-refractivity contribution in [3.05, 3.63) is 54.2 Å². The topological polar surface area (TPSA) is 46.3 Å². The molecular weight excluding hydrogens is 350 g/mol. The smallest absolute Gasteiger partial charge is 0.256 e. The van der Waals surface area contributed by atoms with Crippen molar-refractivity contribution in [3.63, 3.8) is 0 Å². The fourth-order valence-corrected chi connectivity index (χ4v) is 4.23. The van der Waals surface area contributed by atoms with Gasteiger partial charge in [-0.15, -0.1) is 0 Å². The molecule has 1 aliphatic rings. The molecule has 1 aromatic carbocycles. The van der Waals surface area contributed by atoms with Gasteiger partial charge in [0.15, 0.2) is 0 Å². The summed E-state index contributed by atoms with van der Waals surface area (Å²) in [7, 11) is 6.17. The number of carbonyl (C=O) groups is 1. The van der Waals surface area contributed by atoms with Gasteiger partial charge in [-0.2, -0.15) is 0 Å². The molecule has 28 heavy (non-hydrogen) atoms. The summed E-state index contributed by atoms with van der Waals surface area (Å²) in [5, 5.41) is 1.03. The Morgan fingerprint density at radius 1 is 1.29 bits per heavy atom. The Morgan fingerprint density at radius 2 is 2.11 bits per heavy atom. The highest BCUT2D eigenvalue weighted by Gasteiger charge is 2.29. The number of imidazole rings is 1. The van der Waals surface area contributed by atoms with Crippen LogP contribution >= 0.6 is 0 Å². The molecule has 6 nitrogen and oxygen atoms in total. The van der Waals surface area contributed by atoms with Gasteiger partial charge >= 0.3 is 0 Å². The summed E-state index contributed by atoms with van der Waals surface area (Å²) in [6, 6.07) is 8.12. The van der Waals surface area contributed by atoms with Gasteiger partial charge in [0, 0.05) is 68.6 Å². The highest BCUT2D eigenvalue weighted by molar-refractivity contribution is 6.07. The minimum atomic E-state index is 0.132. The maximum absolute atomic E-state index is 13.3.